The molecule has 0 aromatic heterocycles. The maximum atomic E-state index is 11.9. The van der Waals surface area contributed by atoms with Gasteiger partial charge in [-0.15, -0.1) is 0 Å². The minimum atomic E-state index is -4.43. The SMILES string of the molecule is O=C(CCC(=O)c1ccc2c(c1)CCC2)NCC(F)(F)F. The fourth-order valence-corrected chi connectivity index (χ4v) is 2.40. The number of halogens is 3. The van der Waals surface area contributed by atoms with E-state index in [1.165, 1.54) is 5.56 Å². The first-order valence-corrected chi connectivity index (χ1v) is 6.83. The predicted molar refractivity (Wildman–Crippen MR) is 71.1 cm³/mol. The molecule has 0 atom stereocenters. The third-order valence-corrected chi connectivity index (χ3v) is 3.49. The Hall–Kier alpha value is -1.85. The number of fused-ring (bicyclic) bond motifs is 1. The molecule has 6 heteroatoms. The van der Waals surface area contributed by atoms with E-state index in [-0.39, 0.29) is 18.6 Å². The summed E-state index contributed by atoms with van der Waals surface area (Å²) < 4.78 is 35.8. The van der Waals surface area contributed by atoms with Crippen molar-refractivity contribution in [2.24, 2.45) is 0 Å². The number of benzene rings is 1. The zero-order valence-corrected chi connectivity index (χ0v) is 11.4. The molecule has 1 aromatic rings. The summed E-state index contributed by atoms with van der Waals surface area (Å²) in [5, 5.41) is 1.75. The molecule has 1 aliphatic carbocycles. The maximum Gasteiger partial charge on any atom is 0.405 e. The first-order chi connectivity index (χ1) is 9.85. The van der Waals surface area contributed by atoms with Crippen LogP contribution in [0, 0.1) is 0 Å². The Morgan fingerprint density at radius 2 is 1.81 bits per heavy atom. The van der Waals surface area contributed by atoms with Crippen LogP contribution in [0.5, 0.6) is 0 Å². The highest BCUT2D eigenvalue weighted by Crippen LogP contribution is 2.23. The van der Waals surface area contributed by atoms with E-state index in [1.54, 1.807) is 11.4 Å². The highest BCUT2D eigenvalue weighted by atomic mass is 19.4. The van der Waals surface area contributed by atoms with E-state index in [9.17, 15) is 22.8 Å². The van der Waals surface area contributed by atoms with Gasteiger partial charge in [-0.2, -0.15) is 13.2 Å². The third kappa shape index (κ3) is 4.58. The highest BCUT2D eigenvalue weighted by Gasteiger charge is 2.27. The molecule has 114 valence electrons. The molecule has 21 heavy (non-hydrogen) atoms. The Morgan fingerprint density at radius 3 is 2.52 bits per heavy atom. The Bertz CT molecular complexity index is 552. The number of alkyl halides is 3. The van der Waals surface area contributed by atoms with Gasteiger partial charge in [-0.1, -0.05) is 12.1 Å². The molecule has 0 radical (unpaired) electrons. The van der Waals surface area contributed by atoms with Crippen LogP contribution in [0.25, 0.3) is 0 Å². The van der Waals surface area contributed by atoms with Gasteiger partial charge in [0.1, 0.15) is 6.54 Å². The number of Topliss-reactive ketones (excluding diaryl/α,β-unsaturated/α-hetero) is 1. The van der Waals surface area contributed by atoms with E-state index in [0.29, 0.717) is 5.56 Å². The summed E-state index contributed by atoms with van der Waals surface area (Å²) in [6, 6.07) is 5.47. The van der Waals surface area contributed by atoms with Gasteiger partial charge in [-0.05, 0) is 36.5 Å². The van der Waals surface area contributed by atoms with E-state index < -0.39 is 18.6 Å². The molecule has 0 bridgehead atoms. The minimum Gasteiger partial charge on any atom is -0.347 e. The lowest BCUT2D eigenvalue weighted by molar-refractivity contribution is -0.138. The number of nitrogens with one attached hydrogen (secondary N) is 1. The van der Waals surface area contributed by atoms with Crippen molar-refractivity contribution in [1.82, 2.24) is 5.32 Å². The van der Waals surface area contributed by atoms with Crippen molar-refractivity contribution in [3.8, 4) is 0 Å². The number of amides is 1. The zero-order chi connectivity index (χ0) is 15.5. The Morgan fingerprint density at radius 1 is 1.10 bits per heavy atom. The van der Waals surface area contributed by atoms with Crippen molar-refractivity contribution in [3.05, 3.63) is 34.9 Å². The Balaban J connectivity index is 1.83. The highest BCUT2D eigenvalue weighted by molar-refractivity contribution is 5.98. The summed E-state index contributed by atoms with van der Waals surface area (Å²) in [7, 11) is 0. The van der Waals surface area contributed by atoms with Crippen molar-refractivity contribution >= 4 is 11.7 Å². The number of hydrogen-bond acceptors (Lipinski definition) is 2. The van der Waals surface area contributed by atoms with Crippen LogP contribution < -0.4 is 5.32 Å². The van der Waals surface area contributed by atoms with Crippen LogP contribution in [0.1, 0.15) is 40.7 Å². The number of carbonyl (C=O) groups excluding carboxylic acids is 2. The normalized spacial score (nSPS) is 13.9. The number of rotatable bonds is 5. The molecule has 0 heterocycles. The van der Waals surface area contributed by atoms with Gasteiger partial charge in [0.15, 0.2) is 5.78 Å². The lowest BCUT2D eigenvalue weighted by atomic mass is 10.0. The van der Waals surface area contributed by atoms with E-state index in [0.717, 1.165) is 24.8 Å². The largest absolute Gasteiger partial charge is 0.405 e. The standard InChI is InChI=1S/C15H16F3NO2/c16-15(17,18)9-19-14(21)7-6-13(20)12-5-4-10-2-1-3-11(10)8-12/h4-5,8H,1-3,6-7,9H2,(H,19,21). The second-order valence-corrected chi connectivity index (χ2v) is 5.15. The molecular weight excluding hydrogens is 283 g/mol. The fraction of sp³-hybridized carbons (Fsp3) is 0.467. The minimum absolute atomic E-state index is 0.0809. The van der Waals surface area contributed by atoms with Crippen LogP contribution in [0.15, 0.2) is 18.2 Å². The maximum absolute atomic E-state index is 11.9. The summed E-state index contributed by atoms with van der Waals surface area (Å²) >= 11 is 0. The smallest absolute Gasteiger partial charge is 0.347 e. The Kier molecular flexibility index (Phi) is 4.65. The number of ketones is 1. The van der Waals surface area contributed by atoms with Crippen LogP contribution in [-0.2, 0) is 17.6 Å². The quantitative estimate of drug-likeness (QED) is 0.850. The van der Waals surface area contributed by atoms with Crippen LogP contribution in [-0.4, -0.2) is 24.4 Å². The van der Waals surface area contributed by atoms with E-state index >= 15 is 0 Å². The molecule has 2 rings (SSSR count). The van der Waals surface area contributed by atoms with E-state index in [1.807, 2.05) is 12.1 Å². The van der Waals surface area contributed by atoms with Crippen LogP contribution in [0.4, 0.5) is 13.2 Å². The molecule has 1 aliphatic rings. The summed E-state index contributed by atoms with van der Waals surface area (Å²) in [6.45, 7) is -1.36. The van der Waals surface area contributed by atoms with E-state index in [4.69, 9.17) is 0 Å². The molecular formula is C15H16F3NO2. The summed E-state index contributed by atoms with van der Waals surface area (Å²) in [6.07, 6.45) is -1.70. The molecule has 0 aliphatic heterocycles. The van der Waals surface area contributed by atoms with Gasteiger partial charge in [0.2, 0.25) is 5.91 Å². The predicted octanol–water partition coefficient (Wildman–Crippen LogP) is 2.82. The number of carbonyl (C=O) groups is 2. The van der Waals surface area contributed by atoms with Gasteiger partial charge in [-0.3, -0.25) is 9.59 Å². The molecule has 0 saturated heterocycles. The number of aryl methyl sites for hydroxylation is 2. The topological polar surface area (TPSA) is 46.2 Å². The summed E-state index contributed by atoms with van der Waals surface area (Å²) in [5.41, 5.74) is 2.93. The van der Waals surface area contributed by atoms with Crippen molar-refractivity contribution in [3.63, 3.8) is 0 Å². The average Bonchev–Trinajstić information content (AvgIpc) is 2.89. The molecule has 1 aromatic carbocycles. The van der Waals surface area contributed by atoms with Gasteiger partial charge in [-0.25, -0.2) is 0 Å². The van der Waals surface area contributed by atoms with Crippen LogP contribution >= 0.6 is 0 Å². The van der Waals surface area contributed by atoms with Gasteiger partial charge in [0.25, 0.3) is 0 Å². The molecule has 0 unspecified atom stereocenters. The van der Waals surface area contributed by atoms with Crippen LogP contribution in [0.3, 0.4) is 0 Å². The van der Waals surface area contributed by atoms with Crippen molar-refractivity contribution in [1.29, 1.82) is 0 Å². The second kappa shape index (κ2) is 6.28. The van der Waals surface area contributed by atoms with Gasteiger partial charge in [0.05, 0.1) is 0 Å². The molecule has 0 fully saturated rings. The van der Waals surface area contributed by atoms with Crippen molar-refractivity contribution < 1.29 is 22.8 Å². The zero-order valence-electron chi connectivity index (χ0n) is 11.4. The lowest BCUT2D eigenvalue weighted by Crippen LogP contribution is -2.33. The molecule has 1 amide bonds. The second-order valence-electron chi connectivity index (χ2n) is 5.15. The summed E-state index contributed by atoms with van der Waals surface area (Å²) in [4.78, 5) is 23.2. The first-order valence-electron chi connectivity index (χ1n) is 6.83. The molecule has 0 saturated carbocycles. The van der Waals surface area contributed by atoms with Gasteiger partial charge in [0, 0.05) is 18.4 Å². The van der Waals surface area contributed by atoms with E-state index in [2.05, 4.69) is 0 Å². The molecule has 3 nitrogen and oxygen atoms in total. The van der Waals surface area contributed by atoms with Gasteiger partial charge >= 0.3 is 6.18 Å². The molecule has 0 spiro atoms. The summed E-state index contributed by atoms with van der Waals surface area (Å²) in [5.74, 6) is -0.978. The third-order valence-electron chi connectivity index (χ3n) is 3.49. The van der Waals surface area contributed by atoms with Crippen LogP contribution in [0.2, 0.25) is 0 Å². The van der Waals surface area contributed by atoms with Crippen molar-refractivity contribution in [2.45, 2.75) is 38.3 Å². The molecule has 1 N–H and O–H groups in total. The lowest BCUT2D eigenvalue weighted by Gasteiger charge is -2.08. The number of hydrogen-bond donors (Lipinski definition) is 1. The first kappa shape index (κ1) is 15.5. The average molecular weight is 299 g/mol. The monoisotopic (exact) mass is 299 g/mol. The van der Waals surface area contributed by atoms with Gasteiger partial charge < -0.3 is 5.32 Å². The Labute approximate surface area is 120 Å². The van der Waals surface area contributed by atoms with Crippen molar-refractivity contribution in [2.75, 3.05) is 6.54 Å². The fourth-order valence-electron chi connectivity index (χ4n) is 2.40.